The summed E-state index contributed by atoms with van der Waals surface area (Å²) in [6, 6.07) is 21.2. The lowest BCUT2D eigenvalue weighted by Crippen LogP contribution is -2.51. The van der Waals surface area contributed by atoms with Crippen molar-refractivity contribution >= 4 is 22.8 Å². The van der Waals surface area contributed by atoms with Gasteiger partial charge in [0.2, 0.25) is 5.91 Å². The first-order chi connectivity index (χ1) is 23.3. The molecule has 3 atom stereocenters. The van der Waals surface area contributed by atoms with Gasteiger partial charge in [0, 0.05) is 12.1 Å². The Hall–Kier alpha value is -4.96. The number of aromatic nitrogens is 4. The van der Waals surface area contributed by atoms with Crippen molar-refractivity contribution < 1.29 is 14.3 Å². The Kier molecular flexibility index (Phi) is 8.75. The Morgan fingerprint density at radius 1 is 0.792 bits per heavy atom. The number of ether oxygens (including phenoxy) is 1. The predicted octanol–water partition coefficient (Wildman–Crippen LogP) is 7.10. The monoisotopic (exact) mass is 645 g/mol. The standard InChI is InChI=1S/C38H43N7O3/c1-23(2)34(43-38(47)48-4)37(46)45-18-6-8-33(45)36-40-22-31(42-36)29-16-15-27-19-26(13-14-28(27)20-29)24-9-11-25(12-10-24)30-21-39-35(41-30)32-7-5-17-44(32)3/h9-16,19-23,32-34H,5-8,17-18H2,1-4H3,(H,39,41)(H,40,42)(H,43,47). The zero-order valence-electron chi connectivity index (χ0n) is 28.0. The van der Waals surface area contributed by atoms with Crippen LogP contribution in [0.4, 0.5) is 4.79 Å². The van der Waals surface area contributed by atoms with E-state index in [1.807, 2.05) is 31.1 Å². The topological polar surface area (TPSA) is 119 Å². The molecule has 248 valence electrons. The molecule has 4 heterocycles. The maximum atomic E-state index is 13.5. The van der Waals surface area contributed by atoms with Gasteiger partial charge in [0.15, 0.2) is 0 Å². The van der Waals surface area contributed by atoms with Crippen molar-refractivity contribution in [3.63, 3.8) is 0 Å². The van der Waals surface area contributed by atoms with E-state index in [-0.39, 0.29) is 17.9 Å². The van der Waals surface area contributed by atoms with Crippen LogP contribution in [0.15, 0.2) is 73.1 Å². The Morgan fingerprint density at radius 2 is 1.35 bits per heavy atom. The first-order valence-electron chi connectivity index (χ1n) is 16.9. The minimum atomic E-state index is -0.663. The van der Waals surface area contributed by atoms with Gasteiger partial charge in [0.1, 0.15) is 17.7 Å². The SMILES string of the molecule is COC(=O)NC(C(=O)N1CCCC1c1ncc(-c2ccc3cc(-c4ccc(-c5cnc(C6CCCN6C)[nH]5)cc4)ccc3c2)[nH]1)C(C)C. The third-order valence-corrected chi connectivity index (χ3v) is 9.95. The van der Waals surface area contributed by atoms with Gasteiger partial charge in [-0.05, 0) is 84.8 Å². The first kappa shape index (κ1) is 31.6. The zero-order valence-corrected chi connectivity index (χ0v) is 28.0. The molecule has 0 saturated carbocycles. The van der Waals surface area contributed by atoms with Crippen LogP contribution in [0.5, 0.6) is 0 Å². The number of alkyl carbamates (subject to hydrolysis) is 1. The summed E-state index contributed by atoms with van der Waals surface area (Å²) in [7, 11) is 3.47. The van der Waals surface area contributed by atoms with Gasteiger partial charge >= 0.3 is 6.09 Å². The second kappa shape index (κ2) is 13.3. The number of amides is 2. The number of rotatable bonds is 8. The number of nitrogens with zero attached hydrogens (tertiary/aromatic N) is 4. The second-order valence-corrected chi connectivity index (χ2v) is 13.4. The van der Waals surface area contributed by atoms with Crippen molar-refractivity contribution in [2.45, 2.75) is 57.7 Å². The van der Waals surface area contributed by atoms with Crippen LogP contribution in [-0.2, 0) is 9.53 Å². The molecule has 0 aliphatic carbocycles. The molecule has 2 aliphatic heterocycles. The lowest BCUT2D eigenvalue weighted by molar-refractivity contribution is -0.135. The summed E-state index contributed by atoms with van der Waals surface area (Å²) < 4.78 is 4.76. The normalized spacial score (nSPS) is 18.9. The Balaban J connectivity index is 1.06. The first-order valence-corrected chi connectivity index (χ1v) is 16.9. The van der Waals surface area contributed by atoms with E-state index in [0.717, 1.165) is 81.9 Å². The molecule has 3 unspecified atom stereocenters. The molecule has 0 radical (unpaired) electrons. The second-order valence-electron chi connectivity index (χ2n) is 13.4. The molecule has 2 aliphatic rings. The Labute approximate surface area is 280 Å². The number of carbonyl (C=O) groups is 2. The smallest absolute Gasteiger partial charge is 0.407 e. The quantitative estimate of drug-likeness (QED) is 0.166. The highest BCUT2D eigenvalue weighted by Crippen LogP contribution is 2.35. The van der Waals surface area contributed by atoms with Gasteiger partial charge in [0.25, 0.3) is 0 Å². The zero-order chi connectivity index (χ0) is 33.4. The number of imidazole rings is 2. The van der Waals surface area contributed by atoms with Crippen molar-refractivity contribution in [1.82, 2.24) is 35.1 Å². The summed E-state index contributed by atoms with van der Waals surface area (Å²) in [5.41, 5.74) is 6.44. The molecule has 2 amide bonds. The number of likely N-dealkylation sites (tertiary alicyclic amines) is 2. The molecule has 7 rings (SSSR count). The number of benzene rings is 3. The lowest BCUT2D eigenvalue weighted by Gasteiger charge is -2.30. The molecule has 3 aromatic carbocycles. The number of aromatic amines is 2. The molecular weight excluding hydrogens is 602 g/mol. The van der Waals surface area contributed by atoms with Gasteiger partial charge in [-0.15, -0.1) is 0 Å². The largest absolute Gasteiger partial charge is 0.453 e. The number of fused-ring (bicyclic) bond motifs is 1. The maximum absolute atomic E-state index is 13.5. The van der Waals surface area contributed by atoms with Gasteiger partial charge in [-0.2, -0.15) is 0 Å². The van der Waals surface area contributed by atoms with Gasteiger partial charge in [-0.25, -0.2) is 14.8 Å². The van der Waals surface area contributed by atoms with Crippen molar-refractivity contribution in [3.05, 3.63) is 84.7 Å². The number of hydrogen-bond acceptors (Lipinski definition) is 6. The molecule has 2 aromatic heterocycles. The van der Waals surface area contributed by atoms with Crippen LogP contribution in [0.25, 0.3) is 44.4 Å². The van der Waals surface area contributed by atoms with E-state index in [1.165, 1.54) is 13.5 Å². The van der Waals surface area contributed by atoms with Crippen LogP contribution in [-0.4, -0.2) is 75.0 Å². The van der Waals surface area contributed by atoms with Gasteiger partial charge in [-0.1, -0.05) is 62.4 Å². The molecule has 10 heteroatoms. The van der Waals surface area contributed by atoms with E-state index in [9.17, 15) is 9.59 Å². The summed E-state index contributed by atoms with van der Waals surface area (Å²) in [5.74, 6) is 1.61. The van der Waals surface area contributed by atoms with Crippen LogP contribution in [0.3, 0.4) is 0 Å². The highest BCUT2D eigenvalue weighted by atomic mass is 16.5. The van der Waals surface area contributed by atoms with Crippen LogP contribution in [0, 0.1) is 5.92 Å². The summed E-state index contributed by atoms with van der Waals surface area (Å²) >= 11 is 0. The van der Waals surface area contributed by atoms with Crippen molar-refractivity contribution in [2.75, 3.05) is 27.2 Å². The van der Waals surface area contributed by atoms with Crippen LogP contribution in [0.2, 0.25) is 0 Å². The summed E-state index contributed by atoms with van der Waals surface area (Å²) in [6.45, 7) is 5.57. The summed E-state index contributed by atoms with van der Waals surface area (Å²) in [4.78, 5) is 46.1. The average molecular weight is 646 g/mol. The van der Waals surface area contributed by atoms with E-state index < -0.39 is 12.1 Å². The average Bonchev–Trinajstić information content (AvgIpc) is 3.93. The number of carbonyl (C=O) groups excluding carboxylic acids is 2. The Morgan fingerprint density at radius 3 is 2.00 bits per heavy atom. The van der Waals surface area contributed by atoms with Gasteiger partial charge in [-0.3, -0.25) is 9.69 Å². The number of nitrogens with one attached hydrogen (secondary N) is 3. The van der Waals surface area contributed by atoms with Crippen LogP contribution in [0.1, 0.15) is 63.3 Å². The van der Waals surface area contributed by atoms with Gasteiger partial charge in [0.05, 0.1) is 43.0 Å². The van der Waals surface area contributed by atoms with Crippen molar-refractivity contribution in [3.8, 4) is 33.6 Å². The molecule has 10 nitrogen and oxygen atoms in total. The molecule has 2 saturated heterocycles. The summed E-state index contributed by atoms with van der Waals surface area (Å²) in [6.07, 6.45) is 7.23. The van der Waals surface area contributed by atoms with E-state index in [1.54, 1.807) is 0 Å². The molecule has 2 fully saturated rings. The highest BCUT2D eigenvalue weighted by Gasteiger charge is 2.37. The lowest BCUT2D eigenvalue weighted by atomic mass is 9.98. The molecule has 48 heavy (non-hydrogen) atoms. The van der Waals surface area contributed by atoms with E-state index in [2.05, 4.69) is 92.9 Å². The third-order valence-electron chi connectivity index (χ3n) is 9.95. The maximum Gasteiger partial charge on any atom is 0.407 e. The molecule has 5 aromatic rings. The van der Waals surface area contributed by atoms with E-state index >= 15 is 0 Å². The van der Waals surface area contributed by atoms with Crippen molar-refractivity contribution in [1.29, 1.82) is 0 Å². The fourth-order valence-corrected chi connectivity index (χ4v) is 7.19. The van der Waals surface area contributed by atoms with E-state index in [4.69, 9.17) is 9.72 Å². The number of methoxy groups -OCH3 is 1. The summed E-state index contributed by atoms with van der Waals surface area (Å²) in [5, 5.41) is 5.00. The highest BCUT2D eigenvalue weighted by molar-refractivity contribution is 5.91. The van der Waals surface area contributed by atoms with Gasteiger partial charge < -0.3 is 24.9 Å². The van der Waals surface area contributed by atoms with E-state index in [0.29, 0.717) is 12.6 Å². The minimum absolute atomic E-state index is 0.0818. The molecule has 0 spiro atoms. The fourth-order valence-electron chi connectivity index (χ4n) is 7.19. The number of H-pyrrole nitrogens is 2. The molecular formula is C38H43N7O3. The predicted molar refractivity (Wildman–Crippen MR) is 187 cm³/mol. The third kappa shape index (κ3) is 6.20. The molecule has 0 bridgehead atoms. The van der Waals surface area contributed by atoms with Crippen LogP contribution < -0.4 is 5.32 Å². The minimum Gasteiger partial charge on any atom is -0.453 e. The molecule has 3 N–H and O–H groups in total. The van der Waals surface area contributed by atoms with Crippen molar-refractivity contribution in [2.24, 2.45) is 5.92 Å². The van der Waals surface area contributed by atoms with Crippen LogP contribution >= 0.6 is 0 Å². The number of hydrogen-bond donors (Lipinski definition) is 3. The Bertz CT molecular complexity index is 1930. The fraction of sp³-hybridized carbons (Fsp3) is 0.368.